The fraction of sp³-hybridized carbons (Fsp3) is 0.611. The molecule has 26 heavy (non-hydrogen) atoms. The number of morpholine rings is 1. The highest BCUT2D eigenvalue weighted by molar-refractivity contribution is 5.78. The lowest BCUT2D eigenvalue weighted by Crippen LogP contribution is -2.43. The first-order valence-electron chi connectivity index (χ1n) is 9.24. The Morgan fingerprint density at radius 2 is 2.12 bits per heavy atom. The normalized spacial score (nSPS) is 21.4. The average Bonchev–Trinajstić information content (AvgIpc) is 3.20. The highest BCUT2D eigenvalue weighted by atomic mass is 16.5. The first kappa shape index (κ1) is 17.2. The Kier molecular flexibility index (Phi) is 5.03. The summed E-state index contributed by atoms with van der Waals surface area (Å²) in [5.41, 5.74) is 0.815. The molecule has 2 aromatic rings. The molecule has 1 saturated heterocycles. The van der Waals surface area contributed by atoms with E-state index in [1.165, 1.54) is 0 Å². The SMILES string of the molecule is Cn1ccc(CC(=O)N2Cc3nccn3C[C@@H](CN3CCOCC3)C2)n1. The van der Waals surface area contributed by atoms with Gasteiger partial charge in [0.1, 0.15) is 5.82 Å². The van der Waals surface area contributed by atoms with Crippen LogP contribution in [0.5, 0.6) is 0 Å². The highest BCUT2D eigenvalue weighted by Crippen LogP contribution is 2.18. The van der Waals surface area contributed by atoms with Gasteiger partial charge in [-0.15, -0.1) is 0 Å². The summed E-state index contributed by atoms with van der Waals surface area (Å²) in [6.07, 6.45) is 6.06. The third kappa shape index (κ3) is 3.96. The fourth-order valence-electron chi connectivity index (χ4n) is 3.82. The van der Waals surface area contributed by atoms with Gasteiger partial charge in [0.2, 0.25) is 5.91 Å². The largest absolute Gasteiger partial charge is 0.379 e. The zero-order valence-electron chi connectivity index (χ0n) is 15.3. The van der Waals surface area contributed by atoms with E-state index in [2.05, 4.69) is 19.5 Å². The Bertz CT molecular complexity index is 748. The van der Waals surface area contributed by atoms with E-state index in [9.17, 15) is 4.79 Å². The summed E-state index contributed by atoms with van der Waals surface area (Å²) in [5, 5.41) is 4.34. The number of carbonyl (C=O) groups is 1. The molecule has 0 aliphatic carbocycles. The molecule has 8 nitrogen and oxygen atoms in total. The molecule has 0 aromatic carbocycles. The minimum atomic E-state index is 0.118. The van der Waals surface area contributed by atoms with Crippen LogP contribution in [0.3, 0.4) is 0 Å². The van der Waals surface area contributed by atoms with E-state index in [-0.39, 0.29) is 5.91 Å². The molecule has 140 valence electrons. The molecule has 8 heteroatoms. The van der Waals surface area contributed by atoms with Gasteiger partial charge in [0.05, 0.1) is 31.9 Å². The second-order valence-electron chi connectivity index (χ2n) is 7.21. The van der Waals surface area contributed by atoms with Crippen LogP contribution in [-0.4, -0.2) is 74.4 Å². The minimum Gasteiger partial charge on any atom is -0.379 e. The molecular weight excluding hydrogens is 332 g/mol. The second-order valence-corrected chi connectivity index (χ2v) is 7.21. The van der Waals surface area contributed by atoms with Gasteiger partial charge in [-0.2, -0.15) is 5.10 Å². The highest BCUT2D eigenvalue weighted by Gasteiger charge is 2.27. The van der Waals surface area contributed by atoms with E-state index in [4.69, 9.17) is 4.74 Å². The number of imidazole rings is 1. The van der Waals surface area contributed by atoms with E-state index in [0.29, 0.717) is 18.9 Å². The molecule has 1 amide bonds. The van der Waals surface area contributed by atoms with E-state index in [1.54, 1.807) is 4.68 Å². The van der Waals surface area contributed by atoms with Gasteiger partial charge in [0.15, 0.2) is 0 Å². The molecule has 0 bridgehead atoms. The molecular formula is C18H26N6O2. The number of hydrogen-bond donors (Lipinski definition) is 0. The van der Waals surface area contributed by atoms with Crippen molar-refractivity contribution in [2.45, 2.75) is 19.5 Å². The topological polar surface area (TPSA) is 68.4 Å². The predicted molar refractivity (Wildman–Crippen MR) is 95.3 cm³/mol. The summed E-state index contributed by atoms with van der Waals surface area (Å²) in [6, 6.07) is 1.90. The van der Waals surface area contributed by atoms with Gasteiger partial charge < -0.3 is 14.2 Å². The molecule has 1 atom stereocenters. The van der Waals surface area contributed by atoms with Gasteiger partial charge in [-0.3, -0.25) is 14.4 Å². The maximum atomic E-state index is 12.9. The third-order valence-corrected chi connectivity index (χ3v) is 5.14. The Morgan fingerprint density at radius 1 is 1.27 bits per heavy atom. The van der Waals surface area contributed by atoms with E-state index >= 15 is 0 Å². The minimum absolute atomic E-state index is 0.118. The summed E-state index contributed by atoms with van der Waals surface area (Å²) < 4.78 is 9.38. The lowest BCUT2D eigenvalue weighted by atomic mass is 10.1. The van der Waals surface area contributed by atoms with Crippen molar-refractivity contribution >= 4 is 5.91 Å². The summed E-state index contributed by atoms with van der Waals surface area (Å²) in [5.74, 6) is 1.47. The van der Waals surface area contributed by atoms with Crippen molar-refractivity contribution in [1.29, 1.82) is 0 Å². The quantitative estimate of drug-likeness (QED) is 0.778. The number of carbonyl (C=O) groups excluding carboxylic acids is 1. The zero-order valence-corrected chi connectivity index (χ0v) is 15.3. The molecule has 4 heterocycles. The molecule has 0 unspecified atom stereocenters. The summed E-state index contributed by atoms with van der Waals surface area (Å²) in [6.45, 7) is 6.74. The van der Waals surface area contributed by atoms with Crippen LogP contribution in [0.1, 0.15) is 11.5 Å². The Labute approximate surface area is 153 Å². The smallest absolute Gasteiger partial charge is 0.229 e. The fourth-order valence-corrected chi connectivity index (χ4v) is 3.82. The van der Waals surface area contributed by atoms with Crippen LogP contribution in [0, 0.1) is 5.92 Å². The van der Waals surface area contributed by atoms with Crippen molar-refractivity contribution in [3.8, 4) is 0 Å². The van der Waals surface area contributed by atoms with Crippen LogP contribution in [0.15, 0.2) is 24.7 Å². The number of aromatic nitrogens is 4. The van der Waals surface area contributed by atoms with Crippen LogP contribution in [0.2, 0.25) is 0 Å². The van der Waals surface area contributed by atoms with Crippen LogP contribution in [0.4, 0.5) is 0 Å². The average molecular weight is 358 g/mol. The Hall–Kier alpha value is -2.19. The Morgan fingerprint density at radius 3 is 2.88 bits per heavy atom. The van der Waals surface area contributed by atoms with Gasteiger partial charge in [-0.05, 0) is 6.07 Å². The second kappa shape index (κ2) is 7.59. The number of hydrogen-bond acceptors (Lipinski definition) is 5. The van der Waals surface area contributed by atoms with Crippen molar-refractivity contribution in [3.63, 3.8) is 0 Å². The maximum absolute atomic E-state index is 12.9. The zero-order chi connectivity index (χ0) is 17.9. The number of nitrogens with zero attached hydrogens (tertiary/aromatic N) is 6. The van der Waals surface area contributed by atoms with Gasteiger partial charge >= 0.3 is 0 Å². The number of aryl methyl sites for hydroxylation is 1. The molecule has 0 radical (unpaired) electrons. The monoisotopic (exact) mass is 358 g/mol. The van der Waals surface area contributed by atoms with Crippen molar-refractivity contribution in [2.75, 3.05) is 39.4 Å². The summed E-state index contributed by atoms with van der Waals surface area (Å²) >= 11 is 0. The van der Waals surface area contributed by atoms with Crippen molar-refractivity contribution in [2.24, 2.45) is 13.0 Å². The van der Waals surface area contributed by atoms with E-state index in [0.717, 1.165) is 57.5 Å². The van der Waals surface area contributed by atoms with Crippen molar-refractivity contribution < 1.29 is 9.53 Å². The molecule has 0 N–H and O–H groups in total. The summed E-state index contributed by atoms with van der Waals surface area (Å²) in [7, 11) is 1.87. The molecule has 2 aliphatic rings. The predicted octanol–water partition coefficient (Wildman–Crippen LogP) is 0.150. The standard InChI is InChI=1S/C18H26N6O2/c1-21-4-2-16(20-21)10-18(25)24-13-15(11-22-6-8-26-9-7-22)12-23-5-3-19-17(23)14-24/h2-5,15H,6-14H2,1H3/t15-/m1/s1. The maximum Gasteiger partial charge on any atom is 0.229 e. The first-order valence-corrected chi connectivity index (χ1v) is 9.24. The van der Waals surface area contributed by atoms with Crippen LogP contribution in [-0.2, 0) is 36.1 Å². The van der Waals surface area contributed by atoms with Crippen LogP contribution >= 0.6 is 0 Å². The van der Waals surface area contributed by atoms with E-state index < -0.39 is 0 Å². The third-order valence-electron chi connectivity index (χ3n) is 5.14. The number of ether oxygens (including phenoxy) is 1. The molecule has 0 saturated carbocycles. The van der Waals surface area contributed by atoms with Gasteiger partial charge in [-0.1, -0.05) is 0 Å². The van der Waals surface area contributed by atoms with E-state index in [1.807, 2.05) is 36.6 Å². The van der Waals surface area contributed by atoms with Crippen molar-refractivity contribution in [3.05, 3.63) is 36.2 Å². The molecule has 1 fully saturated rings. The first-order chi connectivity index (χ1) is 12.7. The lowest BCUT2D eigenvalue weighted by Gasteiger charge is -2.31. The Balaban J connectivity index is 1.47. The molecule has 2 aromatic heterocycles. The lowest BCUT2D eigenvalue weighted by molar-refractivity contribution is -0.131. The van der Waals surface area contributed by atoms with Crippen LogP contribution < -0.4 is 0 Å². The van der Waals surface area contributed by atoms with Crippen LogP contribution in [0.25, 0.3) is 0 Å². The van der Waals surface area contributed by atoms with Crippen molar-refractivity contribution in [1.82, 2.24) is 29.1 Å². The summed E-state index contributed by atoms with van der Waals surface area (Å²) in [4.78, 5) is 21.8. The van der Waals surface area contributed by atoms with Gasteiger partial charge in [-0.25, -0.2) is 4.98 Å². The van der Waals surface area contributed by atoms with Gasteiger partial charge in [0.25, 0.3) is 0 Å². The number of amides is 1. The molecule has 2 aliphatic heterocycles. The number of fused-ring (bicyclic) bond motifs is 1. The number of rotatable bonds is 4. The molecule has 4 rings (SSSR count). The van der Waals surface area contributed by atoms with Gasteiger partial charge in [0, 0.05) is 64.3 Å². The molecule has 0 spiro atoms.